The molecule has 0 spiro atoms. The number of fused-ring (bicyclic) bond motifs is 3. The van der Waals surface area contributed by atoms with Gasteiger partial charge in [-0.05, 0) is 42.8 Å². The molecule has 3 aromatic rings. The first kappa shape index (κ1) is 13.9. The van der Waals surface area contributed by atoms with E-state index in [4.69, 9.17) is 0 Å². The van der Waals surface area contributed by atoms with Gasteiger partial charge in [-0.3, -0.25) is 0 Å². The fourth-order valence-electron chi connectivity index (χ4n) is 2.77. The van der Waals surface area contributed by atoms with Crippen LogP contribution in [-0.4, -0.2) is 9.67 Å². The highest BCUT2D eigenvalue weighted by Crippen LogP contribution is 2.35. The van der Waals surface area contributed by atoms with Gasteiger partial charge in [0, 0.05) is 28.4 Å². The average molecular weight is 293 g/mol. The molecule has 1 N–H and O–H groups in total. The maximum Gasteiger partial charge on any atom is 0.416 e. The molecule has 1 aromatic heterocycles. The minimum atomic E-state index is -4.36. The van der Waals surface area contributed by atoms with Crippen molar-refractivity contribution in [1.82, 2.24) is 4.57 Å². The van der Waals surface area contributed by atoms with Crippen molar-refractivity contribution in [3.8, 4) is 0 Å². The highest BCUT2D eigenvalue weighted by atomic mass is 19.4. The SMILES string of the molecule is CCn1c2ccc(CO)cc2c2cc(C(F)(F)F)ccc21. The van der Waals surface area contributed by atoms with E-state index in [9.17, 15) is 18.3 Å². The van der Waals surface area contributed by atoms with Crippen LogP contribution in [0.5, 0.6) is 0 Å². The molecule has 0 saturated carbocycles. The smallest absolute Gasteiger partial charge is 0.392 e. The molecule has 0 bridgehead atoms. The fourth-order valence-corrected chi connectivity index (χ4v) is 2.77. The van der Waals surface area contributed by atoms with Gasteiger partial charge in [0.2, 0.25) is 0 Å². The van der Waals surface area contributed by atoms with Crippen LogP contribution in [0.1, 0.15) is 18.1 Å². The summed E-state index contributed by atoms with van der Waals surface area (Å²) < 4.78 is 40.7. The molecule has 5 heteroatoms. The largest absolute Gasteiger partial charge is 0.416 e. The molecule has 0 saturated heterocycles. The Morgan fingerprint density at radius 3 is 2.19 bits per heavy atom. The van der Waals surface area contributed by atoms with Crippen molar-refractivity contribution in [2.45, 2.75) is 26.3 Å². The Kier molecular flexibility index (Phi) is 3.17. The van der Waals surface area contributed by atoms with Gasteiger partial charge in [-0.1, -0.05) is 6.07 Å². The van der Waals surface area contributed by atoms with E-state index in [1.807, 2.05) is 17.6 Å². The molecule has 3 rings (SSSR count). The predicted octanol–water partition coefficient (Wildman–Crippen LogP) is 4.33. The van der Waals surface area contributed by atoms with Gasteiger partial charge in [0.15, 0.2) is 0 Å². The Labute approximate surface area is 119 Å². The van der Waals surface area contributed by atoms with Gasteiger partial charge in [0.05, 0.1) is 12.2 Å². The summed E-state index contributed by atoms with van der Waals surface area (Å²) in [5.41, 5.74) is 1.69. The quantitative estimate of drug-likeness (QED) is 0.747. The summed E-state index contributed by atoms with van der Waals surface area (Å²) in [7, 11) is 0. The molecule has 2 aromatic carbocycles. The molecule has 0 radical (unpaired) electrons. The normalized spacial score (nSPS) is 12.4. The molecule has 0 fully saturated rings. The van der Waals surface area contributed by atoms with E-state index in [2.05, 4.69) is 0 Å². The summed E-state index contributed by atoms with van der Waals surface area (Å²) in [5, 5.41) is 10.5. The van der Waals surface area contributed by atoms with Crippen molar-refractivity contribution >= 4 is 21.8 Å². The number of hydrogen-bond acceptors (Lipinski definition) is 1. The van der Waals surface area contributed by atoms with Gasteiger partial charge in [-0.25, -0.2) is 0 Å². The molecule has 0 aliphatic rings. The van der Waals surface area contributed by atoms with Crippen LogP contribution in [0.4, 0.5) is 13.2 Å². The molecular formula is C16H14F3NO. The molecule has 0 aliphatic carbocycles. The Balaban J connectivity index is 2.41. The van der Waals surface area contributed by atoms with Crippen LogP contribution in [0.25, 0.3) is 21.8 Å². The highest BCUT2D eigenvalue weighted by Gasteiger charge is 2.31. The van der Waals surface area contributed by atoms with E-state index < -0.39 is 11.7 Å². The van der Waals surface area contributed by atoms with Gasteiger partial charge in [0.1, 0.15) is 0 Å². The molecule has 0 atom stereocenters. The van der Waals surface area contributed by atoms with E-state index in [0.717, 1.165) is 22.5 Å². The highest BCUT2D eigenvalue weighted by molar-refractivity contribution is 6.08. The second kappa shape index (κ2) is 4.77. The minimum absolute atomic E-state index is 0.131. The predicted molar refractivity (Wildman–Crippen MR) is 76.0 cm³/mol. The van der Waals surface area contributed by atoms with Crippen molar-refractivity contribution in [2.75, 3.05) is 0 Å². The van der Waals surface area contributed by atoms with Crippen LogP contribution >= 0.6 is 0 Å². The number of aliphatic hydroxyl groups excluding tert-OH is 1. The van der Waals surface area contributed by atoms with Crippen LogP contribution in [0.3, 0.4) is 0 Å². The Bertz CT molecular complexity index is 818. The Morgan fingerprint density at radius 2 is 1.62 bits per heavy atom. The van der Waals surface area contributed by atoms with Crippen molar-refractivity contribution in [2.24, 2.45) is 0 Å². The summed E-state index contributed by atoms with van der Waals surface area (Å²) in [6, 6.07) is 9.20. The summed E-state index contributed by atoms with van der Waals surface area (Å²) in [5.74, 6) is 0. The van der Waals surface area contributed by atoms with Gasteiger partial charge >= 0.3 is 6.18 Å². The third kappa shape index (κ3) is 2.17. The number of halogens is 3. The van der Waals surface area contributed by atoms with Crippen LogP contribution in [0.2, 0.25) is 0 Å². The maximum atomic E-state index is 12.9. The zero-order valence-electron chi connectivity index (χ0n) is 11.4. The number of aliphatic hydroxyl groups is 1. The first-order chi connectivity index (χ1) is 9.95. The van der Waals surface area contributed by atoms with Crippen molar-refractivity contribution in [3.63, 3.8) is 0 Å². The minimum Gasteiger partial charge on any atom is -0.392 e. The number of aryl methyl sites for hydroxylation is 1. The lowest BCUT2D eigenvalue weighted by Gasteiger charge is -2.07. The second-order valence-corrected chi connectivity index (χ2v) is 4.98. The average Bonchev–Trinajstić information content (AvgIpc) is 2.78. The van der Waals surface area contributed by atoms with Gasteiger partial charge < -0.3 is 9.67 Å². The topological polar surface area (TPSA) is 25.2 Å². The zero-order valence-corrected chi connectivity index (χ0v) is 11.4. The number of aromatic nitrogens is 1. The van der Waals surface area contributed by atoms with E-state index in [-0.39, 0.29) is 6.61 Å². The lowest BCUT2D eigenvalue weighted by Crippen LogP contribution is -2.04. The van der Waals surface area contributed by atoms with E-state index >= 15 is 0 Å². The monoisotopic (exact) mass is 293 g/mol. The first-order valence-corrected chi connectivity index (χ1v) is 6.68. The lowest BCUT2D eigenvalue weighted by atomic mass is 10.1. The lowest BCUT2D eigenvalue weighted by molar-refractivity contribution is -0.137. The Morgan fingerprint density at radius 1 is 1.00 bits per heavy atom. The van der Waals surface area contributed by atoms with Crippen LogP contribution in [-0.2, 0) is 19.3 Å². The van der Waals surface area contributed by atoms with Crippen molar-refractivity contribution in [1.29, 1.82) is 0 Å². The zero-order chi connectivity index (χ0) is 15.2. The van der Waals surface area contributed by atoms with Crippen LogP contribution < -0.4 is 0 Å². The Hall–Kier alpha value is -2.01. The molecule has 0 unspecified atom stereocenters. The third-order valence-corrected chi connectivity index (χ3v) is 3.76. The van der Waals surface area contributed by atoms with Crippen molar-refractivity contribution < 1.29 is 18.3 Å². The first-order valence-electron chi connectivity index (χ1n) is 6.68. The number of rotatable bonds is 2. The van der Waals surface area contributed by atoms with E-state index in [1.54, 1.807) is 12.1 Å². The summed E-state index contributed by atoms with van der Waals surface area (Å²) in [4.78, 5) is 0. The van der Waals surface area contributed by atoms with Gasteiger partial charge in [0.25, 0.3) is 0 Å². The molecule has 0 amide bonds. The van der Waals surface area contributed by atoms with E-state index in [0.29, 0.717) is 17.5 Å². The number of alkyl halides is 3. The van der Waals surface area contributed by atoms with E-state index in [1.165, 1.54) is 12.1 Å². The molecular weight excluding hydrogens is 279 g/mol. The number of hydrogen-bond donors (Lipinski definition) is 1. The molecule has 110 valence electrons. The second-order valence-electron chi connectivity index (χ2n) is 4.98. The number of nitrogens with zero attached hydrogens (tertiary/aromatic N) is 1. The standard InChI is InChI=1S/C16H14F3NO/c1-2-20-14-5-3-10(9-21)7-12(14)13-8-11(16(17,18)19)4-6-15(13)20/h3-8,21H,2,9H2,1H3. The summed E-state index contributed by atoms with van der Waals surface area (Å²) in [6.07, 6.45) is -4.36. The van der Waals surface area contributed by atoms with Crippen LogP contribution in [0.15, 0.2) is 36.4 Å². The molecule has 21 heavy (non-hydrogen) atoms. The van der Waals surface area contributed by atoms with Gasteiger partial charge in [-0.2, -0.15) is 13.2 Å². The van der Waals surface area contributed by atoms with Gasteiger partial charge in [-0.15, -0.1) is 0 Å². The van der Waals surface area contributed by atoms with Crippen LogP contribution in [0, 0.1) is 0 Å². The number of benzene rings is 2. The van der Waals surface area contributed by atoms with Crippen molar-refractivity contribution in [3.05, 3.63) is 47.5 Å². The summed E-state index contributed by atoms with van der Waals surface area (Å²) in [6.45, 7) is 2.49. The summed E-state index contributed by atoms with van der Waals surface area (Å²) >= 11 is 0. The molecule has 0 aliphatic heterocycles. The third-order valence-electron chi connectivity index (χ3n) is 3.76. The maximum absolute atomic E-state index is 12.9. The molecule has 1 heterocycles. The molecule has 2 nitrogen and oxygen atoms in total. The fraction of sp³-hybridized carbons (Fsp3) is 0.250.